The van der Waals surface area contributed by atoms with Gasteiger partial charge in [0.1, 0.15) is 0 Å². The zero-order valence-electron chi connectivity index (χ0n) is 8.61. The molecule has 1 aliphatic rings. The molecule has 1 fully saturated rings. The van der Waals surface area contributed by atoms with E-state index in [-0.39, 0.29) is 5.56 Å². The lowest BCUT2D eigenvalue weighted by atomic mass is 10.3. The summed E-state index contributed by atoms with van der Waals surface area (Å²) in [5.74, 6) is 0.538. The number of benzene rings is 1. The quantitative estimate of drug-likeness (QED) is 0.853. The highest BCUT2D eigenvalue weighted by molar-refractivity contribution is 6.32. The highest BCUT2D eigenvalue weighted by atomic mass is 35.5. The molecule has 82 valence electrons. The first-order valence-electron chi connectivity index (χ1n) is 5.32. The standard InChI is InChI=1S/C12H11ClN2O/c13-9-3-1-2-4-11(9)15-12(16)7-10(14-15)8-5-6-8/h1-4,7-8,14H,5-6H2. The molecule has 16 heavy (non-hydrogen) atoms. The van der Waals surface area contributed by atoms with Gasteiger partial charge in [-0.1, -0.05) is 23.7 Å². The zero-order chi connectivity index (χ0) is 11.1. The summed E-state index contributed by atoms with van der Waals surface area (Å²) in [7, 11) is 0. The summed E-state index contributed by atoms with van der Waals surface area (Å²) in [5.41, 5.74) is 1.68. The molecule has 0 bridgehead atoms. The van der Waals surface area contributed by atoms with Crippen LogP contribution >= 0.6 is 11.6 Å². The third-order valence-corrected chi connectivity index (χ3v) is 3.17. The number of hydrogen-bond acceptors (Lipinski definition) is 1. The number of rotatable bonds is 2. The van der Waals surface area contributed by atoms with E-state index in [0.29, 0.717) is 16.6 Å². The predicted octanol–water partition coefficient (Wildman–Crippen LogP) is 2.70. The number of nitrogens with zero attached hydrogens (tertiary/aromatic N) is 1. The molecule has 1 N–H and O–H groups in total. The van der Waals surface area contributed by atoms with Crippen molar-refractivity contribution in [3.05, 3.63) is 51.4 Å². The highest BCUT2D eigenvalue weighted by Gasteiger charge is 2.26. The van der Waals surface area contributed by atoms with Crippen molar-refractivity contribution in [2.24, 2.45) is 0 Å². The number of aromatic amines is 1. The van der Waals surface area contributed by atoms with E-state index in [4.69, 9.17) is 11.6 Å². The van der Waals surface area contributed by atoms with E-state index in [0.717, 1.165) is 5.69 Å². The van der Waals surface area contributed by atoms with Crippen molar-refractivity contribution in [1.29, 1.82) is 0 Å². The van der Waals surface area contributed by atoms with E-state index < -0.39 is 0 Å². The van der Waals surface area contributed by atoms with Crippen LogP contribution in [0.15, 0.2) is 35.1 Å². The fraction of sp³-hybridized carbons (Fsp3) is 0.250. The van der Waals surface area contributed by atoms with Gasteiger partial charge in [-0.25, -0.2) is 4.68 Å². The maximum absolute atomic E-state index is 11.8. The van der Waals surface area contributed by atoms with Crippen molar-refractivity contribution in [2.75, 3.05) is 0 Å². The minimum atomic E-state index is -0.0463. The Morgan fingerprint density at radius 1 is 1.31 bits per heavy atom. The first kappa shape index (κ1) is 9.73. The van der Waals surface area contributed by atoms with Gasteiger partial charge in [-0.3, -0.25) is 9.89 Å². The molecule has 0 saturated heterocycles. The second-order valence-electron chi connectivity index (χ2n) is 4.11. The summed E-state index contributed by atoms with van der Waals surface area (Å²) in [6, 6.07) is 8.99. The van der Waals surface area contributed by atoms with Gasteiger partial charge < -0.3 is 0 Å². The Balaban J connectivity index is 2.12. The Labute approximate surface area is 97.6 Å². The van der Waals surface area contributed by atoms with Gasteiger partial charge >= 0.3 is 0 Å². The average molecular weight is 235 g/mol. The van der Waals surface area contributed by atoms with Crippen LogP contribution in [0.2, 0.25) is 5.02 Å². The SMILES string of the molecule is O=c1cc(C2CC2)[nH]n1-c1ccccc1Cl. The number of aromatic nitrogens is 2. The molecule has 3 rings (SSSR count). The van der Waals surface area contributed by atoms with Crippen molar-refractivity contribution in [1.82, 2.24) is 9.78 Å². The molecule has 1 aliphatic carbocycles. The third kappa shape index (κ3) is 1.57. The van der Waals surface area contributed by atoms with Crippen molar-refractivity contribution >= 4 is 11.6 Å². The monoisotopic (exact) mass is 234 g/mol. The Morgan fingerprint density at radius 2 is 2.06 bits per heavy atom. The second-order valence-corrected chi connectivity index (χ2v) is 4.52. The lowest BCUT2D eigenvalue weighted by Crippen LogP contribution is -2.13. The van der Waals surface area contributed by atoms with Crippen LogP contribution in [0.5, 0.6) is 0 Å². The molecule has 0 unspecified atom stereocenters. The van der Waals surface area contributed by atoms with Crippen molar-refractivity contribution < 1.29 is 0 Å². The van der Waals surface area contributed by atoms with Gasteiger partial charge in [0.2, 0.25) is 0 Å². The van der Waals surface area contributed by atoms with Crippen LogP contribution in [-0.2, 0) is 0 Å². The number of H-pyrrole nitrogens is 1. The lowest BCUT2D eigenvalue weighted by molar-refractivity contribution is 0.816. The normalized spacial score (nSPS) is 15.3. The predicted molar refractivity (Wildman–Crippen MR) is 63.4 cm³/mol. The Morgan fingerprint density at radius 3 is 2.75 bits per heavy atom. The van der Waals surface area contributed by atoms with Crippen LogP contribution in [0, 0.1) is 0 Å². The summed E-state index contributed by atoms with van der Waals surface area (Å²) in [6.07, 6.45) is 2.34. The van der Waals surface area contributed by atoms with Gasteiger partial charge in [-0.2, -0.15) is 0 Å². The summed E-state index contributed by atoms with van der Waals surface area (Å²) < 4.78 is 1.51. The summed E-state index contributed by atoms with van der Waals surface area (Å²) in [5, 5.41) is 3.70. The van der Waals surface area contributed by atoms with Crippen molar-refractivity contribution in [3.8, 4) is 5.69 Å². The molecule has 1 aromatic carbocycles. The molecule has 0 radical (unpaired) electrons. The first-order valence-corrected chi connectivity index (χ1v) is 5.70. The van der Waals surface area contributed by atoms with Crippen LogP contribution in [0.25, 0.3) is 5.69 Å². The largest absolute Gasteiger partial charge is 0.295 e. The molecule has 0 spiro atoms. The van der Waals surface area contributed by atoms with Crippen LogP contribution in [0.3, 0.4) is 0 Å². The molecule has 1 aromatic heterocycles. The molecule has 0 atom stereocenters. The van der Waals surface area contributed by atoms with E-state index in [1.54, 1.807) is 12.1 Å². The first-order chi connectivity index (χ1) is 7.75. The van der Waals surface area contributed by atoms with E-state index in [1.807, 2.05) is 18.2 Å². The molecule has 1 heterocycles. The minimum absolute atomic E-state index is 0.0463. The Bertz CT molecular complexity index is 581. The second kappa shape index (κ2) is 3.52. The van der Waals surface area contributed by atoms with E-state index >= 15 is 0 Å². The number of para-hydroxylation sites is 1. The van der Waals surface area contributed by atoms with Crippen LogP contribution in [0.4, 0.5) is 0 Å². The highest BCUT2D eigenvalue weighted by Crippen LogP contribution is 2.38. The van der Waals surface area contributed by atoms with Gasteiger partial charge in [-0.05, 0) is 25.0 Å². The van der Waals surface area contributed by atoms with E-state index in [2.05, 4.69) is 5.10 Å². The molecule has 2 aromatic rings. The van der Waals surface area contributed by atoms with Gasteiger partial charge in [0, 0.05) is 17.7 Å². The Kier molecular flexibility index (Phi) is 2.14. The molecule has 0 amide bonds. The van der Waals surface area contributed by atoms with Gasteiger partial charge in [0.05, 0.1) is 10.7 Å². The van der Waals surface area contributed by atoms with Crippen LogP contribution in [-0.4, -0.2) is 9.78 Å². The van der Waals surface area contributed by atoms with Crippen molar-refractivity contribution in [2.45, 2.75) is 18.8 Å². The lowest BCUT2D eigenvalue weighted by Gasteiger charge is -2.03. The molecular formula is C12H11ClN2O. The molecule has 4 heteroatoms. The van der Waals surface area contributed by atoms with Crippen molar-refractivity contribution in [3.63, 3.8) is 0 Å². The van der Waals surface area contributed by atoms with Gasteiger partial charge in [0.25, 0.3) is 5.56 Å². The van der Waals surface area contributed by atoms with Crippen LogP contribution in [0.1, 0.15) is 24.5 Å². The summed E-state index contributed by atoms with van der Waals surface area (Å²) in [4.78, 5) is 11.8. The zero-order valence-corrected chi connectivity index (χ0v) is 9.37. The molecule has 1 saturated carbocycles. The Hall–Kier alpha value is -1.48. The number of hydrogen-bond donors (Lipinski definition) is 1. The summed E-state index contributed by atoms with van der Waals surface area (Å²) in [6.45, 7) is 0. The maximum atomic E-state index is 11.8. The fourth-order valence-corrected chi connectivity index (χ4v) is 2.05. The van der Waals surface area contributed by atoms with E-state index in [1.165, 1.54) is 17.5 Å². The third-order valence-electron chi connectivity index (χ3n) is 2.85. The number of nitrogens with one attached hydrogen (secondary N) is 1. The fourth-order valence-electron chi connectivity index (χ4n) is 1.83. The van der Waals surface area contributed by atoms with Crippen LogP contribution < -0.4 is 5.56 Å². The summed E-state index contributed by atoms with van der Waals surface area (Å²) >= 11 is 6.06. The van der Waals surface area contributed by atoms with E-state index in [9.17, 15) is 4.79 Å². The molecule has 3 nitrogen and oxygen atoms in total. The van der Waals surface area contributed by atoms with Gasteiger partial charge in [0.15, 0.2) is 0 Å². The smallest absolute Gasteiger partial charge is 0.271 e. The molecular weight excluding hydrogens is 224 g/mol. The topological polar surface area (TPSA) is 37.8 Å². The average Bonchev–Trinajstić information content (AvgIpc) is 3.04. The van der Waals surface area contributed by atoms with Gasteiger partial charge in [-0.15, -0.1) is 0 Å². The maximum Gasteiger partial charge on any atom is 0.271 e. The minimum Gasteiger partial charge on any atom is -0.295 e. The number of halogens is 1. The molecule has 0 aliphatic heterocycles.